The van der Waals surface area contributed by atoms with Crippen LogP contribution in [0.25, 0.3) is 33.3 Å². The number of fused-ring (bicyclic) bond motifs is 1. The first-order chi connectivity index (χ1) is 15.5. The van der Waals surface area contributed by atoms with Crippen molar-refractivity contribution in [1.29, 1.82) is 0 Å². The maximum absolute atomic E-state index is 11.4. The van der Waals surface area contributed by atoms with E-state index in [-0.39, 0.29) is 5.56 Å². The molecule has 0 fully saturated rings. The number of aromatic amines is 1. The van der Waals surface area contributed by atoms with Crippen LogP contribution in [0.1, 0.15) is 10.4 Å². The second-order valence-electron chi connectivity index (χ2n) is 7.16. The van der Waals surface area contributed by atoms with Crippen LogP contribution < -0.4 is 11.5 Å². The molecule has 0 unspecified atom stereocenters. The van der Waals surface area contributed by atoms with Crippen molar-refractivity contribution >= 4 is 28.4 Å². The van der Waals surface area contributed by atoms with Crippen LogP contribution in [0.2, 0.25) is 0 Å². The molecule has 7 heteroatoms. The van der Waals surface area contributed by atoms with E-state index in [1.165, 1.54) is 0 Å². The fourth-order valence-electron chi connectivity index (χ4n) is 3.22. The van der Waals surface area contributed by atoms with E-state index in [4.69, 9.17) is 11.5 Å². The van der Waals surface area contributed by atoms with Gasteiger partial charge in [0.1, 0.15) is 11.0 Å². The van der Waals surface area contributed by atoms with Gasteiger partial charge in [-0.2, -0.15) is 15.4 Å². The van der Waals surface area contributed by atoms with Gasteiger partial charge in [-0.25, -0.2) is 4.79 Å². The molecule has 0 aliphatic heterocycles. The number of carbonyl (C=O) groups is 1. The summed E-state index contributed by atoms with van der Waals surface area (Å²) in [4.78, 5) is 11.4. The number of carboxylic acids is 1. The topological polar surface area (TPSA) is 131 Å². The van der Waals surface area contributed by atoms with Crippen molar-refractivity contribution < 1.29 is 9.90 Å². The summed E-state index contributed by atoms with van der Waals surface area (Å²) in [5.74, 6) is -0.959. The van der Waals surface area contributed by atoms with Crippen LogP contribution in [-0.2, 0) is 0 Å². The van der Waals surface area contributed by atoms with E-state index < -0.39 is 5.97 Å². The average molecular weight is 423 g/mol. The number of anilines is 2. The van der Waals surface area contributed by atoms with Crippen molar-refractivity contribution in [1.82, 2.24) is 15.4 Å². The van der Waals surface area contributed by atoms with E-state index in [0.717, 1.165) is 33.3 Å². The number of rotatable bonds is 3. The zero-order chi connectivity index (χ0) is 22.5. The SMILES string of the molecule is Nc1ccc(-c2cc(C(=O)O)cc(-c3ccc(N)cc3)c2)cc1.c1ccc2n[nH]nc2c1. The average Bonchev–Trinajstić information content (AvgIpc) is 3.29. The minimum Gasteiger partial charge on any atom is -0.478 e. The lowest BCUT2D eigenvalue weighted by atomic mass is 9.96. The van der Waals surface area contributed by atoms with Gasteiger partial charge in [0.25, 0.3) is 0 Å². The second kappa shape index (κ2) is 9.01. The highest BCUT2D eigenvalue weighted by Gasteiger charge is 2.10. The zero-order valence-corrected chi connectivity index (χ0v) is 17.1. The highest BCUT2D eigenvalue weighted by Crippen LogP contribution is 2.29. The lowest BCUT2D eigenvalue weighted by Gasteiger charge is -2.09. The Morgan fingerprint density at radius 2 is 1.09 bits per heavy atom. The van der Waals surface area contributed by atoms with Crippen molar-refractivity contribution in [2.75, 3.05) is 11.5 Å². The zero-order valence-electron chi connectivity index (χ0n) is 17.1. The Balaban J connectivity index is 0.000000225. The fourth-order valence-corrected chi connectivity index (χ4v) is 3.22. The number of nitrogen functional groups attached to an aromatic ring is 2. The van der Waals surface area contributed by atoms with E-state index in [1.807, 2.05) is 54.6 Å². The summed E-state index contributed by atoms with van der Waals surface area (Å²) in [5.41, 5.74) is 18.3. The second-order valence-corrected chi connectivity index (χ2v) is 7.16. The monoisotopic (exact) mass is 423 g/mol. The van der Waals surface area contributed by atoms with E-state index in [2.05, 4.69) is 15.4 Å². The Labute approximate surface area is 184 Å². The lowest BCUT2D eigenvalue weighted by Crippen LogP contribution is -1.97. The number of aromatic nitrogens is 3. The number of nitrogens with zero attached hydrogens (tertiary/aromatic N) is 2. The molecule has 5 aromatic rings. The number of aromatic carboxylic acids is 1. The van der Waals surface area contributed by atoms with Gasteiger partial charge >= 0.3 is 5.97 Å². The van der Waals surface area contributed by atoms with E-state index in [0.29, 0.717) is 11.4 Å². The van der Waals surface area contributed by atoms with Crippen LogP contribution in [0.15, 0.2) is 91.0 Å². The van der Waals surface area contributed by atoms with Crippen molar-refractivity contribution in [2.24, 2.45) is 0 Å². The molecule has 1 aromatic heterocycles. The van der Waals surface area contributed by atoms with Gasteiger partial charge < -0.3 is 16.6 Å². The van der Waals surface area contributed by atoms with Gasteiger partial charge in [0, 0.05) is 11.4 Å². The summed E-state index contributed by atoms with van der Waals surface area (Å²) in [6.07, 6.45) is 0. The fraction of sp³-hybridized carbons (Fsp3) is 0. The van der Waals surface area contributed by atoms with Crippen molar-refractivity contribution in [3.63, 3.8) is 0 Å². The van der Waals surface area contributed by atoms with Crippen LogP contribution in [0, 0.1) is 0 Å². The number of nitrogens with one attached hydrogen (secondary N) is 1. The Kier molecular flexibility index (Phi) is 5.81. The number of benzene rings is 4. The molecule has 0 spiro atoms. The van der Waals surface area contributed by atoms with Gasteiger partial charge in [-0.3, -0.25) is 0 Å². The Morgan fingerprint density at radius 1 is 0.656 bits per heavy atom. The molecule has 1 heterocycles. The van der Waals surface area contributed by atoms with Crippen LogP contribution in [0.5, 0.6) is 0 Å². The van der Waals surface area contributed by atoms with Crippen LogP contribution >= 0.6 is 0 Å². The third-order valence-electron chi connectivity index (χ3n) is 4.89. The minimum atomic E-state index is -0.959. The molecular formula is C25H21N5O2. The Hall–Kier alpha value is -4.65. The predicted molar refractivity (Wildman–Crippen MR) is 127 cm³/mol. The van der Waals surface area contributed by atoms with Crippen molar-refractivity contribution in [3.8, 4) is 22.3 Å². The molecule has 0 atom stereocenters. The minimum absolute atomic E-state index is 0.242. The number of hydrogen-bond acceptors (Lipinski definition) is 5. The van der Waals surface area contributed by atoms with Crippen LogP contribution in [-0.4, -0.2) is 26.5 Å². The number of H-pyrrole nitrogens is 1. The standard InChI is InChI=1S/C19H16N2O2.C6H5N3/c20-17-5-1-12(2-6-17)14-9-15(11-16(10-14)19(22)23)13-3-7-18(21)8-4-13;1-2-4-6-5(3-1)7-9-8-6/h1-11H,20-21H2,(H,22,23);1-4H,(H,7,8,9). The van der Waals surface area contributed by atoms with Crippen LogP contribution in [0.3, 0.4) is 0 Å². The molecular weight excluding hydrogens is 402 g/mol. The highest BCUT2D eigenvalue weighted by molar-refractivity contribution is 5.92. The third kappa shape index (κ3) is 4.73. The summed E-state index contributed by atoms with van der Waals surface area (Å²) in [7, 11) is 0. The van der Waals surface area contributed by atoms with Gasteiger partial charge in [-0.1, -0.05) is 36.4 Å². The number of nitrogens with two attached hydrogens (primary N) is 2. The molecule has 7 nitrogen and oxygen atoms in total. The predicted octanol–water partition coefficient (Wildman–Crippen LogP) is 4.84. The van der Waals surface area contributed by atoms with Crippen molar-refractivity contribution in [2.45, 2.75) is 0 Å². The first-order valence-corrected chi connectivity index (χ1v) is 9.85. The largest absolute Gasteiger partial charge is 0.478 e. The summed E-state index contributed by atoms with van der Waals surface area (Å²) < 4.78 is 0. The number of hydrogen-bond donors (Lipinski definition) is 4. The molecule has 0 bridgehead atoms. The maximum Gasteiger partial charge on any atom is 0.335 e. The Morgan fingerprint density at radius 3 is 1.50 bits per heavy atom. The van der Waals surface area contributed by atoms with Crippen LogP contribution in [0.4, 0.5) is 11.4 Å². The van der Waals surface area contributed by atoms with Crippen molar-refractivity contribution in [3.05, 3.63) is 96.6 Å². The Bertz CT molecular complexity index is 1270. The molecule has 0 saturated carbocycles. The van der Waals surface area contributed by atoms with Gasteiger partial charge in [0.05, 0.1) is 5.56 Å². The van der Waals surface area contributed by atoms with Gasteiger partial charge in [0.15, 0.2) is 0 Å². The number of carboxylic acid groups (broad SMARTS) is 1. The molecule has 6 N–H and O–H groups in total. The van der Waals surface area contributed by atoms with Gasteiger partial charge in [0.2, 0.25) is 0 Å². The smallest absolute Gasteiger partial charge is 0.335 e. The molecule has 158 valence electrons. The molecule has 5 rings (SSSR count). The number of para-hydroxylation sites is 2. The third-order valence-corrected chi connectivity index (χ3v) is 4.89. The quantitative estimate of drug-likeness (QED) is 0.307. The van der Waals surface area contributed by atoms with E-state index in [9.17, 15) is 9.90 Å². The lowest BCUT2D eigenvalue weighted by molar-refractivity contribution is 0.0697. The first kappa shape index (κ1) is 20.6. The first-order valence-electron chi connectivity index (χ1n) is 9.85. The summed E-state index contributed by atoms with van der Waals surface area (Å²) in [6.45, 7) is 0. The molecule has 32 heavy (non-hydrogen) atoms. The summed E-state index contributed by atoms with van der Waals surface area (Å²) >= 11 is 0. The molecule has 4 aromatic carbocycles. The van der Waals surface area contributed by atoms with E-state index in [1.54, 1.807) is 36.4 Å². The van der Waals surface area contributed by atoms with Gasteiger partial charge in [-0.15, -0.1) is 0 Å². The molecule has 0 aliphatic rings. The molecule has 0 radical (unpaired) electrons. The highest BCUT2D eigenvalue weighted by atomic mass is 16.4. The summed E-state index contributed by atoms with van der Waals surface area (Å²) in [5, 5.41) is 19.7. The molecule has 0 aliphatic carbocycles. The maximum atomic E-state index is 11.4. The summed E-state index contributed by atoms with van der Waals surface area (Å²) in [6, 6.07) is 27.7. The van der Waals surface area contributed by atoms with E-state index >= 15 is 0 Å². The molecule has 0 amide bonds. The molecule has 0 saturated heterocycles. The normalized spacial score (nSPS) is 10.4. The van der Waals surface area contributed by atoms with Gasteiger partial charge in [-0.05, 0) is 76.9 Å².